The van der Waals surface area contributed by atoms with Crippen molar-refractivity contribution in [2.75, 3.05) is 6.61 Å². The van der Waals surface area contributed by atoms with Gasteiger partial charge in [0.15, 0.2) is 0 Å². The maximum absolute atomic E-state index is 12.2. The van der Waals surface area contributed by atoms with Gasteiger partial charge in [-0.1, -0.05) is 0 Å². The van der Waals surface area contributed by atoms with E-state index in [-0.39, 0.29) is 6.61 Å². The largest absolute Gasteiger partial charge is 0.443 e. The summed E-state index contributed by atoms with van der Waals surface area (Å²) in [6.45, 7) is 13.1. The topological polar surface area (TPSA) is 88.1 Å². The first-order valence-electron chi connectivity index (χ1n) is 6.82. The second-order valence-electron chi connectivity index (χ2n) is 7.40. The summed E-state index contributed by atoms with van der Waals surface area (Å²) in [5.74, 6) is 0. The molecule has 0 bridgehead atoms. The monoisotopic (exact) mass is 304 g/mol. The molecular weight excluding hydrogens is 276 g/mol. The Kier molecular flexibility index (Phi) is 6.05. The van der Waals surface area contributed by atoms with E-state index in [0.717, 1.165) is 5.01 Å². The van der Waals surface area contributed by atoms with E-state index in [4.69, 9.17) is 9.47 Å². The van der Waals surface area contributed by atoms with Crippen molar-refractivity contribution in [2.24, 2.45) is 0 Å². The van der Waals surface area contributed by atoms with Gasteiger partial charge in [0.1, 0.15) is 11.2 Å². The quantitative estimate of drug-likeness (QED) is 0.765. The molecule has 0 fully saturated rings. The Balaban J connectivity index is 5.10. The normalized spacial score (nSPS) is 12.6. The van der Waals surface area contributed by atoms with Crippen molar-refractivity contribution in [3.63, 3.8) is 0 Å². The number of aliphatic hydroxyl groups excluding tert-OH is 1. The third-order valence-corrected chi connectivity index (χ3v) is 2.17. The number of ether oxygens (including phenoxy) is 2. The van der Waals surface area contributed by atoms with Crippen molar-refractivity contribution < 1.29 is 24.2 Å². The van der Waals surface area contributed by atoms with Crippen LogP contribution in [-0.2, 0) is 9.47 Å². The zero-order chi connectivity index (χ0) is 17.1. The van der Waals surface area contributed by atoms with Crippen LogP contribution >= 0.6 is 0 Å². The lowest BCUT2D eigenvalue weighted by molar-refractivity contribution is -0.0361. The van der Waals surface area contributed by atoms with Gasteiger partial charge in [-0.05, 0) is 55.4 Å². The molecule has 7 heteroatoms. The van der Waals surface area contributed by atoms with Gasteiger partial charge in [-0.2, -0.15) is 0 Å². The third kappa shape index (κ3) is 7.75. The number of hydrogen-bond acceptors (Lipinski definition) is 5. The highest BCUT2D eigenvalue weighted by molar-refractivity contribution is 5.75. The van der Waals surface area contributed by atoms with Gasteiger partial charge in [0, 0.05) is 0 Å². The van der Waals surface area contributed by atoms with E-state index >= 15 is 0 Å². The average molecular weight is 304 g/mol. The average Bonchev–Trinajstić information content (AvgIpc) is 2.20. The molecule has 0 aromatic heterocycles. The van der Waals surface area contributed by atoms with Gasteiger partial charge in [0.2, 0.25) is 0 Å². The Morgan fingerprint density at radius 2 is 1.38 bits per heavy atom. The Labute approximate surface area is 126 Å². The third-order valence-electron chi connectivity index (χ3n) is 2.17. The minimum Gasteiger partial charge on any atom is -0.443 e. The molecule has 0 radical (unpaired) electrons. The summed E-state index contributed by atoms with van der Waals surface area (Å²) in [5.41, 5.74) is -0.145. The highest BCUT2D eigenvalue weighted by Gasteiger charge is 2.36. The molecule has 0 heterocycles. The lowest BCUT2D eigenvalue weighted by atomic mass is 10.1. The van der Waals surface area contributed by atoms with Gasteiger partial charge in [-0.3, -0.25) is 0 Å². The summed E-state index contributed by atoms with van der Waals surface area (Å²) in [6, 6.07) is 0. The highest BCUT2D eigenvalue weighted by atomic mass is 16.6. The van der Waals surface area contributed by atoms with Crippen LogP contribution in [0.1, 0.15) is 55.4 Å². The van der Waals surface area contributed by atoms with Crippen molar-refractivity contribution in [1.29, 1.82) is 0 Å². The zero-order valence-corrected chi connectivity index (χ0v) is 14.2. The van der Waals surface area contributed by atoms with Gasteiger partial charge in [0.25, 0.3) is 0 Å². The number of aliphatic hydroxyl groups is 1. The van der Waals surface area contributed by atoms with Crippen LogP contribution in [-0.4, -0.2) is 45.6 Å². The van der Waals surface area contributed by atoms with Crippen LogP contribution in [0.15, 0.2) is 0 Å². The van der Waals surface area contributed by atoms with Crippen LogP contribution in [0.5, 0.6) is 0 Å². The number of hydrazine groups is 1. The smallest absolute Gasteiger partial charge is 0.429 e. The van der Waals surface area contributed by atoms with Crippen LogP contribution in [0.3, 0.4) is 0 Å². The summed E-state index contributed by atoms with van der Waals surface area (Å²) in [4.78, 5) is 24.0. The number of nitrogens with one attached hydrogen (secondary N) is 1. The maximum Gasteiger partial charge on any atom is 0.429 e. The molecule has 0 aliphatic rings. The molecule has 0 rings (SSSR count). The Morgan fingerprint density at radius 1 is 0.952 bits per heavy atom. The molecule has 21 heavy (non-hydrogen) atoms. The van der Waals surface area contributed by atoms with E-state index in [1.54, 1.807) is 55.4 Å². The number of amides is 2. The Hall–Kier alpha value is -1.50. The summed E-state index contributed by atoms with van der Waals surface area (Å²) in [5, 5.41) is 10.4. The van der Waals surface area contributed by atoms with E-state index in [1.165, 1.54) is 0 Å². The fourth-order valence-electron chi connectivity index (χ4n) is 1.21. The zero-order valence-electron chi connectivity index (χ0n) is 14.2. The van der Waals surface area contributed by atoms with Crippen LogP contribution in [0.25, 0.3) is 0 Å². The Morgan fingerprint density at radius 3 is 1.71 bits per heavy atom. The van der Waals surface area contributed by atoms with Crippen molar-refractivity contribution in [3.8, 4) is 0 Å². The molecule has 2 N–H and O–H groups in total. The van der Waals surface area contributed by atoms with E-state index in [2.05, 4.69) is 5.43 Å². The van der Waals surface area contributed by atoms with Crippen molar-refractivity contribution in [2.45, 2.75) is 72.1 Å². The molecule has 0 aliphatic heterocycles. The first-order chi connectivity index (χ1) is 9.18. The lowest BCUT2D eigenvalue weighted by Gasteiger charge is -2.37. The minimum absolute atomic E-state index is 0.359. The number of nitrogens with zero attached hydrogens (tertiary/aromatic N) is 1. The molecule has 2 amide bonds. The second kappa shape index (κ2) is 6.51. The SMILES string of the molecule is CC(C)(C)OC(=O)NN(C(=O)OC(C)(C)C)C(C)(C)CO. The maximum atomic E-state index is 12.2. The van der Waals surface area contributed by atoms with Crippen molar-refractivity contribution >= 4 is 12.2 Å². The predicted molar refractivity (Wildman–Crippen MR) is 78.6 cm³/mol. The lowest BCUT2D eigenvalue weighted by Crippen LogP contribution is -2.60. The minimum atomic E-state index is -1.04. The summed E-state index contributed by atoms with van der Waals surface area (Å²) >= 11 is 0. The molecule has 0 saturated heterocycles. The van der Waals surface area contributed by atoms with Crippen LogP contribution in [0, 0.1) is 0 Å². The summed E-state index contributed by atoms with van der Waals surface area (Å²) < 4.78 is 10.3. The molecule has 0 spiro atoms. The number of carbonyl (C=O) groups is 2. The van der Waals surface area contributed by atoms with Crippen LogP contribution < -0.4 is 5.43 Å². The first kappa shape index (κ1) is 19.5. The second-order valence-corrected chi connectivity index (χ2v) is 7.40. The van der Waals surface area contributed by atoms with Gasteiger partial charge in [-0.25, -0.2) is 20.0 Å². The van der Waals surface area contributed by atoms with Gasteiger partial charge in [0.05, 0.1) is 12.1 Å². The fraction of sp³-hybridized carbons (Fsp3) is 0.857. The molecular formula is C14H28N2O5. The molecule has 124 valence electrons. The van der Waals surface area contributed by atoms with E-state index < -0.39 is 28.9 Å². The van der Waals surface area contributed by atoms with Crippen LogP contribution in [0.4, 0.5) is 9.59 Å². The fourth-order valence-corrected chi connectivity index (χ4v) is 1.21. The first-order valence-corrected chi connectivity index (χ1v) is 6.82. The summed E-state index contributed by atoms with van der Waals surface area (Å²) in [6.07, 6.45) is -1.57. The van der Waals surface area contributed by atoms with Crippen molar-refractivity contribution in [3.05, 3.63) is 0 Å². The molecule has 0 saturated carbocycles. The van der Waals surface area contributed by atoms with Gasteiger partial charge >= 0.3 is 12.2 Å². The number of carbonyl (C=O) groups excluding carboxylic acids is 2. The van der Waals surface area contributed by atoms with E-state index in [9.17, 15) is 14.7 Å². The molecule has 0 atom stereocenters. The summed E-state index contributed by atoms with van der Waals surface area (Å²) in [7, 11) is 0. The molecule has 0 aromatic carbocycles. The van der Waals surface area contributed by atoms with Crippen molar-refractivity contribution in [1.82, 2.24) is 10.4 Å². The Bertz CT molecular complexity index is 380. The molecule has 0 aromatic rings. The predicted octanol–water partition coefficient (Wildman–Crippen LogP) is 2.43. The number of hydrogen-bond donors (Lipinski definition) is 2. The molecule has 0 unspecified atom stereocenters. The van der Waals surface area contributed by atoms with Gasteiger partial charge < -0.3 is 14.6 Å². The number of rotatable bonds is 2. The van der Waals surface area contributed by atoms with Gasteiger partial charge in [-0.15, -0.1) is 0 Å². The van der Waals surface area contributed by atoms with E-state index in [1.807, 2.05) is 0 Å². The van der Waals surface area contributed by atoms with Crippen LogP contribution in [0.2, 0.25) is 0 Å². The molecule has 0 aliphatic carbocycles. The van der Waals surface area contributed by atoms with E-state index in [0.29, 0.717) is 0 Å². The highest BCUT2D eigenvalue weighted by Crippen LogP contribution is 2.17. The standard InChI is InChI=1S/C14H28N2O5/c1-12(2,3)20-10(18)15-16(14(7,8)9-17)11(19)21-13(4,5)6/h17H,9H2,1-8H3,(H,15,18). The molecule has 7 nitrogen and oxygen atoms in total.